The molecule has 31 heavy (non-hydrogen) atoms. The lowest BCUT2D eigenvalue weighted by molar-refractivity contribution is -0.134. The summed E-state index contributed by atoms with van der Waals surface area (Å²) in [4.78, 5) is 29.4. The standard InChI is InChI=1S/C23H23FN4O3/c24-18-9-6-15(7-10-18)12-19(22(30)27-14-16-8-11-20(25)26-13-16)28-23(31)21(29)17-4-2-1-3-5-17/h1-11,13,19,21,29H,12,14H2,(H2,25,26)(H,27,30)(H,28,31). The molecule has 0 aliphatic carbocycles. The van der Waals surface area contributed by atoms with E-state index in [0.29, 0.717) is 16.9 Å². The molecule has 7 nitrogen and oxygen atoms in total. The maximum atomic E-state index is 13.2. The van der Waals surface area contributed by atoms with Gasteiger partial charge in [-0.1, -0.05) is 48.5 Å². The molecule has 5 N–H and O–H groups in total. The number of aromatic nitrogens is 1. The molecule has 2 atom stereocenters. The van der Waals surface area contributed by atoms with Gasteiger partial charge in [0.05, 0.1) is 0 Å². The van der Waals surface area contributed by atoms with Gasteiger partial charge in [-0.25, -0.2) is 9.37 Å². The Hall–Kier alpha value is -3.78. The number of hydrogen-bond donors (Lipinski definition) is 4. The molecule has 0 aliphatic rings. The van der Waals surface area contributed by atoms with Gasteiger partial charge in [-0.15, -0.1) is 0 Å². The zero-order valence-electron chi connectivity index (χ0n) is 16.7. The van der Waals surface area contributed by atoms with Crippen molar-refractivity contribution >= 4 is 17.6 Å². The summed E-state index contributed by atoms with van der Waals surface area (Å²) in [6.45, 7) is 0.184. The van der Waals surface area contributed by atoms with Gasteiger partial charge in [0.25, 0.3) is 5.91 Å². The molecule has 3 aromatic rings. The van der Waals surface area contributed by atoms with Crippen LogP contribution in [0.5, 0.6) is 0 Å². The molecule has 0 fully saturated rings. The van der Waals surface area contributed by atoms with Crippen molar-refractivity contribution in [1.29, 1.82) is 0 Å². The summed E-state index contributed by atoms with van der Waals surface area (Å²) in [5.74, 6) is -1.19. The van der Waals surface area contributed by atoms with Crippen LogP contribution in [0.3, 0.4) is 0 Å². The summed E-state index contributed by atoms with van der Waals surface area (Å²) in [5.41, 5.74) is 7.37. The summed E-state index contributed by atoms with van der Waals surface area (Å²) in [5, 5.41) is 15.7. The summed E-state index contributed by atoms with van der Waals surface area (Å²) >= 11 is 0. The lowest BCUT2D eigenvalue weighted by Crippen LogP contribution is -2.49. The van der Waals surface area contributed by atoms with Crippen LogP contribution in [0, 0.1) is 5.82 Å². The predicted molar refractivity (Wildman–Crippen MR) is 114 cm³/mol. The van der Waals surface area contributed by atoms with Gasteiger partial charge in [0.1, 0.15) is 17.7 Å². The summed E-state index contributed by atoms with van der Waals surface area (Å²) in [6.07, 6.45) is 0.243. The first-order valence-electron chi connectivity index (χ1n) is 9.68. The molecule has 2 aromatic carbocycles. The highest BCUT2D eigenvalue weighted by Gasteiger charge is 2.25. The van der Waals surface area contributed by atoms with E-state index in [2.05, 4.69) is 15.6 Å². The first kappa shape index (κ1) is 21.9. The lowest BCUT2D eigenvalue weighted by Gasteiger charge is -2.21. The van der Waals surface area contributed by atoms with E-state index >= 15 is 0 Å². The number of aliphatic hydroxyl groups is 1. The van der Waals surface area contributed by atoms with Gasteiger partial charge in [-0.3, -0.25) is 9.59 Å². The highest BCUT2D eigenvalue weighted by molar-refractivity contribution is 5.90. The number of nitrogens with one attached hydrogen (secondary N) is 2. The number of carbonyl (C=O) groups excluding carboxylic acids is 2. The number of anilines is 1. The second-order valence-corrected chi connectivity index (χ2v) is 7.01. The van der Waals surface area contributed by atoms with E-state index in [9.17, 15) is 19.1 Å². The highest BCUT2D eigenvalue weighted by Crippen LogP contribution is 2.13. The van der Waals surface area contributed by atoms with Gasteiger partial charge in [0, 0.05) is 19.2 Å². The number of aliphatic hydroxyl groups excluding tert-OH is 1. The number of nitrogens with two attached hydrogens (primary N) is 1. The third-order valence-electron chi connectivity index (χ3n) is 4.66. The van der Waals surface area contributed by atoms with Crippen LogP contribution in [0.1, 0.15) is 22.8 Å². The maximum Gasteiger partial charge on any atom is 0.254 e. The fraction of sp³-hybridized carbons (Fsp3) is 0.174. The third-order valence-corrected chi connectivity index (χ3v) is 4.66. The summed E-state index contributed by atoms with van der Waals surface area (Å²) in [6, 6.07) is 16.4. The van der Waals surface area contributed by atoms with Gasteiger partial charge in [0.15, 0.2) is 6.10 Å². The van der Waals surface area contributed by atoms with E-state index in [-0.39, 0.29) is 13.0 Å². The van der Waals surface area contributed by atoms with Crippen LogP contribution in [0.4, 0.5) is 10.2 Å². The van der Waals surface area contributed by atoms with Gasteiger partial charge < -0.3 is 21.5 Å². The lowest BCUT2D eigenvalue weighted by atomic mass is 10.0. The number of benzene rings is 2. The molecule has 0 radical (unpaired) electrons. The van der Waals surface area contributed by atoms with Crippen LogP contribution < -0.4 is 16.4 Å². The quantitative estimate of drug-likeness (QED) is 0.442. The summed E-state index contributed by atoms with van der Waals surface area (Å²) in [7, 11) is 0. The molecule has 1 aromatic heterocycles. The summed E-state index contributed by atoms with van der Waals surface area (Å²) < 4.78 is 13.2. The second kappa shape index (κ2) is 10.3. The Kier molecular flexibility index (Phi) is 7.29. The van der Waals surface area contributed by atoms with E-state index in [1.807, 2.05) is 0 Å². The average molecular weight is 422 g/mol. The SMILES string of the molecule is Nc1ccc(CNC(=O)C(Cc2ccc(F)cc2)NC(=O)C(O)c2ccccc2)cn1. The number of amides is 2. The molecule has 2 amide bonds. The molecule has 1 heterocycles. The minimum Gasteiger partial charge on any atom is -0.384 e. The van der Waals surface area contributed by atoms with Crippen molar-refractivity contribution in [3.05, 3.63) is 95.4 Å². The minimum absolute atomic E-state index is 0.124. The smallest absolute Gasteiger partial charge is 0.254 e. The van der Waals surface area contributed by atoms with Crippen LogP contribution in [0.25, 0.3) is 0 Å². The van der Waals surface area contributed by atoms with E-state index < -0.39 is 29.8 Å². The van der Waals surface area contributed by atoms with Gasteiger partial charge in [-0.2, -0.15) is 0 Å². The molecule has 0 bridgehead atoms. The van der Waals surface area contributed by atoms with E-state index in [1.165, 1.54) is 12.1 Å². The monoisotopic (exact) mass is 422 g/mol. The number of pyridine rings is 1. The Balaban J connectivity index is 1.71. The van der Waals surface area contributed by atoms with Gasteiger partial charge >= 0.3 is 0 Å². The molecular formula is C23H23FN4O3. The first-order valence-corrected chi connectivity index (χ1v) is 9.68. The fourth-order valence-electron chi connectivity index (χ4n) is 2.96. The molecule has 0 aliphatic heterocycles. The van der Waals surface area contributed by atoms with Gasteiger partial charge in [-0.05, 0) is 34.9 Å². The second-order valence-electron chi connectivity index (χ2n) is 7.01. The Labute approximate surface area is 179 Å². The molecule has 160 valence electrons. The van der Waals surface area contributed by atoms with Crippen LogP contribution in [0.15, 0.2) is 72.9 Å². The zero-order valence-corrected chi connectivity index (χ0v) is 16.7. The van der Waals surface area contributed by atoms with Crippen molar-refractivity contribution in [1.82, 2.24) is 15.6 Å². The number of nitrogen functional groups attached to an aromatic ring is 1. The number of carbonyl (C=O) groups is 2. The van der Waals surface area contributed by atoms with Crippen LogP contribution >= 0.6 is 0 Å². The fourth-order valence-corrected chi connectivity index (χ4v) is 2.96. The van der Waals surface area contributed by atoms with Crippen molar-refractivity contribution in [2.45, 2.75) is 25.1 Å². The van der Waals surface area contributed by atoms with E-state index in [4.69, 9.17) is 5.73 Å². The third kappa shape index (κ3) is 6.35. The van der Waals surface area contributed by atoms with Crippen molar-refractivity contribution < 1.29 is 19.1 Å². The van der Waals surface area contributed by atoms with Gasteiger partial charge in [0.2, 0.25) is 5.91 Å². The maximum absolute atomic E-state index is 13.2. The van der Waals surface area contributed by atoms with Crippen molar-refractivity contribution in [2.24, 2.45) is 0 Å². The van der Waals surface area contributed by atoms with E-state index in [0.717, 1.165) is 5.56 Å². The Morgan fingerprint density at radius 2 is 1.65 bits per heavy atom. The molecule has 2 unspecified atom stereocenters. The van der Waals surface area contributed by atoms with Crippen LogP contribution in [0.2, 0.25) is 0 Å². The number of halogens is 1. The predicted octanol–water partition coefficient (Wildman–Crippen LogP) is 1.88. The molecule has 8 heteroatoms. The largest absolute Gasteiger partial charge is 0.384 e. The molecule has 0 saturated carbocycles. The highest BCUT2D eigenvalue weighted by atomic mass is 19.1. The average Bonchev–Trinajstić information content (AvgIpc) is 2.79. The first-order chi connectivity index (χ1) is 14.9. The van der Waals surface area contributed by atoms with Crippen molar-refractivity contribution in [3.8, 4) is 0 Å². The van der Waals surface area contributed by atoms with Crippen LogP contribution in [-0.2, 0) is 22.6 Å². The molecule has 3 rings (SSSR count). The number of nitrogens with zero attached hydrogens (tertiary/aromatic N) is 1. The molecular weight excluding hydrogens is 399 g/mol. The van der Waals surface area contributed by atoms with Crippen LogP contribution in [-0.4, -0.2) is 27.9 Å². The minimum atomic E-state index is -1.42. The number of rotatable bonds is 8. The van der Waals surface area contributed by atoms with Crippen molar-refractivity contribution in [2.75, 3.05) is 5.73 Å². The van der Waals surface area contributed by atoms with E-state index in [1.54, 1.807) is 60.8 Å². The Morgan fingerprint density at radius 1 is 0.968 bits per heavy atom. The number of hydrogen-bond acceptors (Lipinski definition) is 5. The Morgan fingerprint density at radius 3 is 2.29 bits per heavy atom. The zero-order chi connectivity index (χ0) is 22.2. The molecule has 0 spiro atoms. The Bertz CT molecular complexity index is 1010. The molecule has 0 saturated heterocycles. The topological polar surface area (TPSA) is 117 Å². The van der Waals surface area contributed by atoms with Crippen molar-refractivity contribution in [3.63, 3.8) is 0 Å². The normalized spacial score (nSPS) is 12.6.